The summed E-state index contributed by atoms with van der Waals surface area (Å²) in [5.41, 5.74) is 6.80. The molecule has 0 aromatic heterocycles. The molecule has 0 aliphatic carbocycles. The van der Waals surface area contributed by atoms with Crippen molar-refractivity contribution in [1.82, 2.24) is 4.90 Å². The Morgan fingerprint density at radius 3 is 2.65 bits per heavy atom. The number of benzene rings is 1. The molecule has 2 rings (SSSR count). The number of halogens is 3. The summed E-state index contributed by atoms with van der Waals surface area (Å²) in [6.45, 7) is 1.19. The van der Waals surface area contributed by atoms with Gasteiger partial charge < -0.3 is 10.5 Å². The second-order valence-corrected chi connectivity index (χ2v) is 4.78. The predicted molar refractivity (Wildman–Crippen MR) is 71.4 cm³/mol. The van der Waals surface area contributed by atoms with Crippen LogP contribution in [0.2, 0.25) is 0 Å². The maximum Gasteiger partial charge on any atom is 0.412 e. The largest absolute Gasteiger partial charge is 0.496 e. The summed E-state index contributed by atoms with van der Waals surface area (Å²) < 4.78 is 42.9. The molecule has 3 nitrogen and oxygen atoms in total. The number of hydrogen-bond acceptors (Lipinski definition) is 3. The van der Waals surface area contributed by atoms with E-state index in [1.807, 2.05) is 4.90 Å². The van der Waals surface area contributed by atoms with Gasteiger partial charge in [0.25, 0.3) is 0 Å². The van der Waals surface area contributed by atoms with Crippen LogP contribution in [0, 0.1) is 0 Å². The van der Waals surface area contributed by atoms with E-state index in [9.17, 15) is 13.2 Å². The lowest BCUT2D eigenvalue weighted by Gasteiger charge is -2.27. The Balaban J connectivity index is 2.06. The van der Waals surface area contributed by atoms with E-state index in [0.29, 0.717) is 24.5 Å². The van der Waals surface area contributed by atoms with Crippen LogP contribution in [0.15, 0.2) is 29.8 Å². The van der Waals surface area contributed by atoms with E-state index in [2.05, 4.69) is 0 Å². The molecule has 0 atom stereocenters. The summed E-state index contributed by atoms with van der Waals surface area (Å²) in [6, 6.07) is 5.30. The zero-order valence-corrected chi connectivity index (χ0v) is 11.2. The molecule has 1 aromatic carbocycles. The molecule has 0 radical (unpaired) electrons. The van der Waals surface area contributed by atoms with Gasteiger partial charge in [0.2, 0.25) is 0 Å². The standard InChI is InChI=1S/C14H17F3N2O/c1-20-13-3-2-12(18)8-10(13)9-19-6-4-11(5-7-19)14(15,16)17/h2-4,8H,5-7,9,18H2,1H3. The van der Waals surface area contributed by atoms with Gasteiger partial charge in [-0.1, -0.05) is 6.08 Å². The minimum atomic E-state index is -4.21. The van der Waals surface area contributed by atoms with Crippen LogP contribution in [0.4, 0.5) is 18.9 Å². The van der Waals surface area contributed by atoms with E-state index < -0.39 is 11.7 Å². The third-order valence-corrected chi connectivity index (χ3v) is 3.36. The van der Waals surface area contributed by atoms with Crippen molar-refractivity contribution in [2.75, 3.05) is 25.9 Å². The monoisotopic (exact) mass is 286 g/mol. The fraction of sp³-hybridized carbons (Fsp3) is 0.429. The number of alkyl halides is 3. The van der Waals surface area contributed by atoms with Gasteiger partial charge in [0.15, 0.2) is 0 Å². The average molecular weight is 286 g/mol. The molecule has 1 aliphatic heterocycles. The summed E-state index contributed by atoms with van der Waals surface area (Å²) in [7, 11) is 1.56. The van der Waals surface area contributed by atoms with Crippen LogP contribution in [0.25, 0.3) is 0 Å². The van der Waals surface area contributed by atoms with Crippen molar-refractivity contribution in [1.29, 1.82) is 0 Å². The molecule has 110 valence electrons. The first-order valence-electron chi connectivity index (χ1n) is 6.31. The lowest BCUT2D eigenvalue weighted by atomic mass is 10.1. The van der Waals surface area contributed by atoms with Crippen LogP contribution in [-0.4, -0.2) is 31.3 Å². The fourth-order valence-electron chi connectivity index (χ4n) is 2.28. The number of methoxy groups -OCH3 is 1. The summed E-state index contributed by atoms with van der Waals surface area (Å²) in [5, 5.41) is 0. The number of anilines is 1. The first-order chi connectivity index (χ1) is 9.40. The minimum Gasteiger partial charge on any atom is -0.496 e. The van der Waals surface area contributed by atoms with E-state index in [4.69, 9.17) is 10.5 Å². The van der Waals surface area contributed by atoms with Crippen LogP contribution in [0.3, 0.4) is 0 Å². The maximum absolute atomic E-state index is 12.5. The number of rotatable bonds is 3. The van der Waals surface area contributed by atoms with Gasteiger partial charge in [0.1, 0.15) is 5.75 Å². The molecular formula is C14H17F3N2O. The average Bonchev–Trinajstić information content (AvgIpc) is 2.38. The van der Waals surface area contributed by atoms with Crippen molar-refractivity contribution in [3.05, 3.63) is 35.4 Å². The third-order valence-electron chi connectivity index (χ3n) is 3.36. The van der Waals surface area contributed by atoms with Gasteiger partial charge in [-0.25, -0.2) is 0 Å². The van der Waals surface area contributed by atoms with Gasteiger partial charge in [0.05, 0.1) is 7.11 Å². The summed E-state index contributed by atoms with van der Waals surface area (Å²) >= 11 is 0. The predicted octanol–water partition coefficient (Wildman–Crippen LogP) is 2.97. The van der Waals surface area contributed by atoms with Crippen LogP contribution < -0.4 is 10.5 Å². The van der Waals surface area contributed by atoms with Gasteiger partial charge in [0, 0.05) is 36.5 Å². The molecular weight excluding hydrogens is 269 g/mol. The molecule has 0 saturated carbocycles. The van der Waals surface area contributed by atoms with E-state index >= 15 is 0 Å². The molecule has 1 aliphatic rings. The Morgan fingerprint density at radius 1 is 1.35 bits per heavy atom. The Morgan fingerprint density at radius 2 is 2.10 bits per heavy atom. The van der Waals surface area contributed by atoms with Crippen molar-refractivity contribution in [3.8, 4) is 5.75 Å². The Labute approximate surface area is 115 Å². The minimum absolute atomic E-state index is 0.0220. The normalized spacial score (nSPS) is 16.9. The fourth-order valence-corrected chi connectivity index (χ4v) is 2.28. The van der Waals surface area contributed by atoms with Crippen molar-refractivity contribution in [2.24, 2.45) is 0 Å². The smallest absolute Gasteiger partial charge is 0.412 e. The Bertz CT molecular complexity index is 512. The maximum atomic E-state index is 12.5. The topological polar surface area (TPSA) is 38.5 Å². The summed E-state index contributed by atoms with van der Waals surface area (Å²) in [6.07, 6.45) is -2.93. The molecule has 2 N–H and O–H groups in total. The van der Waals surface area contributed by atoms with Gasteiger partial charge in [-0.05, 0) is 24.6 Å². The molecule has 1 aromatic rings. The lowest BCUT2D eigenvalue weighted by Crippen LogP contribution is -2.31. The van der Waals surface area contributed by atoms with E-state index in [1.165, 1.54) is 6.08 Å². The number of ether oxygens (including phenoxy) is 1. The number of nitrogens with zero attached hydrogens (tertiary/aromatic N) is 1. The van der Waals surface area contributed by atoms with Crippen LogP contribution in [-0.2, 0) is 6.54 Å². The SMILES string of the molecule is COc1ccc(N)cc1CN1CC=C(C(F)(F)F)CC1. The molecule has 0 fully saturated rings. The van der Waals surface area contributed by atoms with Crippen LogP contribution in [0.1, 0.15) is 12.0 Å². The quantitative estimate of drug-likeness (QED) is 0.686. The van der Waals surface area contributed by atoms with Crippen molar-refractivity contribution in [2.45, 2.75) is 19.1 Å². The van der Waals surface area contributed by atoms with Gasteiger partial charge in [-0.15, -0.1) is 0 Å². The molecule has 0 saturated heterocycles. The molecule has 20 heavy (non-hydrogen) atoms. The van der Waals surface area contributed by atoms with Crippen molar-refractivity contribution in [3.63, 3.8) is 0 Å². The number of hydrogen-bond donors (Lipinski definition) is 1. The van der Waals surface area contributed by atoms with E-state index in [1.54, 1.807) is 25.3 Å². The molecule has 0 unspecified atom stereocenters. The zero-order valence-electron chi connectivity index (χ0n) is 11.2. The molecule has 0 bridgehead atoms. The first kappa shape index (κ1) is 14.7. The van der Waals surface area contributed by atoms with Gasteiger partial charge in [-0.3, -0.25) is 4.90 Å². The van der Waals surface area contributed by atoms with Gasteiger partial charge >= 0.3 is 6.18 Å². The second kappa shape index (κ2) is 5.75. The molecule has 6 heteroatoms. The Hall–Kier alpha value is -1.69. The molecule has 1 heterocycles. The lowest BCUT2D eigenvalue weighted by molar-refractivity contribution is -0.0960. The van der Waals surface area contributed by atoms with Crippen LogP contribution in [0.5, 0.6) is 5.75 Å². The number of nitrogen functional groups attached to an aromatic ring is 1. The second-order valence-electron chi connectivity index (χ2n) is 4.78. The third kappa shape index (κ3) is 3.45. The highest BCUT2D eigenvalue weighted by Gasteiger charge is 2.34. The zero-order chi connectivity index (χ0) is 14.8. The van der Waals surface area contributed by atoms with Crippen molar-refractivity contribution < 1.29 is 17.9 Å². The highest BCUT2D eigenvalue weighted by Crippen LogP contribution is 2.31. The first-order valence-corrected chi connectivity index (χ1v) is 6.31. The van der Waals surface area contributed by atoms with Gasteiger partial charge in [-0.2, -0.15) is 13.2 Å². The molecule has 0 amide bonds. The highest BCUT2D eigenvalue weighted by atomic mass is 19.4. The summed E-state index contributed by atoms with van der Waals surface area (Å²) in [4.78, 5) is 1.94. The van der Waals surface area contributed by atoms with Crippen LogP contribution >= 0.6 is 0 Å². The van der Waals surface area contributed by atoms with Crippen molar-refractivity contribution >= 4 is 5.69 Å². The number of nitrogens with two attached hydrogens (primary N) is 1. The highest BCUT2D eigenvalue weighted by molar-refractivity contribution is 5.47. The van der Waals surface area contributed by atoms with E-state index in [0.717, 1.165) is 5.56 Å². The Kier molecular flexibility index (Phi) is 4.23. The molecule has 0 spiro atoms. The summed E-state index contributed by atoms with van der Waals surface area (Å²) in [5.74, 6) is 0.699. The van der Waals surface area contributed by atoms with E-state index in [-0.39, 0.29) is 13.0 Å².